The first kappa shape index (κ1) is 19.6. The summed E-state index contributed by atoms with van der Waals surface area (Å²) in [6.45, 7) is 4.05. The fraction of sp³-hybridized carbons (Fsp3) is 0.143. The van der Waals surface area contributed by atoms with Crippen LogP contribution in [0.5, 0.6) is 0 Å². The molecule has 0 bridgehead atoms. The molecule has 28 heavy (non-hydrogen) atoms. The van der Waals surface area contributed by atoms with Crippen LogP contribution < -0.4 is 5.32 Å². The number of aryl methyl sites for hydroxylation is 2. The van der Waals surface area contributed by atoms with E-state index in [1.54, 1.807) is 12.1 Å². The van der Waals surface area contributed by atoms with Gasteiger partial charge in [-0.3, -0.25) is 9.59 Å². The molecule has 0 saturated heterocycles. The van der Waals surface area contributed by atoms with Crippen molar-refractivity contribution in [2.75, 3.05) is 0 Å². The van der Waals surface area contributed by atoms with Gasteiger partial charge >= 0.3 is 0 Å². The van der Waals surface area contributed by atoms with Gasteiger partial charge in [0.2, 0.25) is 0 Å². The molecule has 0 aliphatic rings. The fourth-order valence-electron chi connectivity index (χ4n) is 2.70. The van der Waals surface area contributed by atoms with Crippen LogP contribution in [0.4, 0.5) is 0 Å². The Kier molecular flexibility index (Phi) is 5.46. The largest absolute Gasteiger partial charge is 0.347 e. The predicted molar refractivity (Wildman–Crippen MR) is 106 cm³/mol. The number of hydrogen-bond acceptors (Lipinski definition) is 4. The molecule has 0 unspecified atom stereocenters. The zero-order valence-electron chi connectivity index (χ0n) is 15.5. The number of benzene rings is 2. The number of aldehydes is 1. The maximum Gasteiger partial charge on any atom is 0.269 e. The van der Waals surface area contributed by atoms with Gasteiger partial charge in [0.1, 0.15) is 5.69 Å². The first-order valence-electron chi connectivity index (χ1n) is 8.65. The first-order chi connectivity index (χ1) is 13.3. The van der Waals surface area contributed by atoms with Crippen LogP contribution in [0.2, 0.25) is 0 Å². The second kappa shape index (κ2) is 7.82. The van der Waals surface area contributed by atoms with Crippen LogP contribution in [-0.2, 0) is 16.6 Å². The Morgan fingerprint density at radius 2 is 1.57 bits per heavy atom. The van der Waals surface area contributed by atoms with Crippen molar-refractivity contribution < 1.29 is 18.0 Å². The van der Waals surface area contributed by atoms with E-state index in [9.17, 15) is 18.0 Å². The number of carbonyl (C=O) groups is 2. The summed E-state index contributed by atoms with van der Waals surface area (Å²) >= 11 is 0. The Morgan fingerprint density at radius 3 is 2.14 bits per heavy atom. The summed E-state index contributed by atoms with van der Waals surface area (Å²) in [7, 11) is -4.01. The summed E-state index contributed by atoms with van der Waals surface area (Å²) < 4.78 is 26.8. The molecule has 1 heterocycles. The number of nitrogens with one attached hydrogen (secondary N) is 1. The van der Waals surface area contributed by atoms with E-state index >= 15 is 0 Å². The normalized spacial score (nSPS) is 11.2. The molecule has 6 nitrogen and oxygen atoms in total. The molecule has 1 N–H and O–H groups in total. The molecule has 3 rings (SSSR count). The maximum absolute atomic E-state index is 13.0. The van der Waals surface area contributed by atoms with E-state index in [4.69, 9.17) is 0 Å². The van der Waals surface area contributed by atoms with Crippen LogP contribution in [0, 0.1) is 13.8 Å². The smallest absolute Gasteiger partial charge is 0.269 e. The zero-order valence-corrected chi connectivity index (χ0v) is 16.4. The van der Waals surface area contributed by atoms with Crippen molar-refractivity contribution in [3.8, 4) is 0 Å². The highest BCUT2D eigenvalue weighted by Gasteiger charge is 2.24. The van der Waals surface area contributed by atoms with Crippen LogP contribution in [-0.4, -0.2) is 24.6 Å². The van der Waals surface area contributed by atoms with Crippen LogP contribution in [0.25, 0.3) is 0 Å². The Morgan fingerprint density at radius 1 is 1.00 bits per heavy atom. The van der Waals surface area contributed by atoms with Gasteiger partial charge in [-0.1, -0.05) is 47.5 Å². The number of hydrogen-bond donors (Lipinski definition) is 1. The molecule has 0 spiro atoms. The lowest BCUT2D eigenvalue weighted by molar-refractivity contribution is 0.0945. The minimum absolute atomic E-state index is 0.0405. The predicted octanol–water partition coefficient (Wildman–Crippen LogP) is 3.08. The second-order valence-corrected chi connectivity index (χ2v) is 8.37. The zero-order chi connectivity index (χ0) is 20.3. The lowest BCUT2D eigenvalue weighted by Gasteiger charge is -2.11. The third-order valence-electron chi connectivity index (χ3n) is 4.33. The van der Waals surface area contributed by atoms with E-state index in [2.05, 4.69) is 5.32 Å². The Hall–Kier alpha value is -3.19. The molecule has 2 aromatic carbocycles. The first-order valence-corrected chi connectivity index (χ1v) is 10.1. The topological polar surface area (TPSA) is 85.2 Å². The van der Waals surface area contributed by atoms with Gasteiger partial charge in [0.25, 0.3) is 15.9 Å². The van der Waals surface area contributed by atoms with Gasteiger partial charge in [0, 0.05) is 18.3 Å². The summed E-state index contributed by atoms with van der Waals surface area (Å²) in [4.78, 5) is 23.9. The van der Waals surface area contributed by atoms with Gasteiger partial charge in [0.05, 0.1) is 4.90 Å². The number of amides is 1. The molecule has 0 aliphatic heterocycles. The number of aromatic nitrogens is 1. The molecule has 0 radical (unpaired) electrons. The molecular weight excluding hydrogens is 376 g/mol. The minimum atomic E-state index is -4.01. The standard InChI is InChI=1S/C21H20N2O4S/c1-15-3-7-17(8-4-15)12-22-21(25)20-11-18(14-24)13-23(20)28(26,27)19-9-5-16(2)6-10-19/h3-11,13-14H,12H2,1-2H3,(H,22,25). The average Bonchev–Trinajstić information content (AvgIpc) is 3.13. The quantitative estimate of drug-likeness (QED) is 0.649. The highest BCUT2D eigenvalue weighted by atomic mass is 32.2. The van der Waals surface area contributed by atoms with Gasteiger partial charge in [0.15, 0.2) is 6.29 Å². The summed E-state index contributed by atoms with van der Waals surface area (Å²) in [5.41, 5.74) is 2.89. The van der Waals surface area contributed by atoms with E-state index in [1.807, 2.05) is 38.1 Å². The summed E-state index contributed by atoms with van der Waals surface area (Å²) in [5.74, 6) is -0.579. The van der Waals surface area contributed by atoms with Crippen molar-refractivity contribution in [2.24, 2.45) is 0 Å². The minimum Gasteiger partial charge on any atom is -0.347 e. The van der Waals surface area contributed by atoms with E-state index < -0.39 is 15.9 Å². The summed E-state index contributed by atoms with van der Waals surface area (Å²) in [6.07, 6.45) is 1.67. The lowest BCUT2D eigenvalue weighted by atomic mass is 10.1. The molecule has 0 fully saturated rings. The number of nitrogens with zero attached hydrogens (tertiary/aromatic N) is 1. The third kappa shape index (κ3) is 4.04. The molecular formula is C21H20N2O4S. The average molecular weight is 396 g/mol. The molecule has 3 aromatic rings. The second-order valence-electron chi connectivity index (χ2n) is 6.56. The molecule has 1 amide bonds. The molecule has 1 aromatic heterocycles. The maximum atomic E-state index is 13.0. The Balaban J connectivity index is 1.92. The lowest BCUT2D eigenvalue weighted by Crippen LogP contribution is -2.27. The summed E-state index contributed by atoms with van der Waals surface area (Å²) in [6, 6.07) is 15.2. The number of rotatable bonds is 6. The Labute approximate surface area is 163 Å². The molecule has 0 saturated carbocycles. The third-order valence-corrected chi connectivity index (χ3v) is 6.02. The van der Waals surface area contributed by atoms with Crippen molar-refractivity contribution in [1.82, 2.24) is 9.29 Å². The summed E-state index contributed by atoms with van der Waals surface area (Å²) in [5, 5.41) is 2.71. The van der Waals surface area contributed by atoms with E-state index in [-0.39, 0.29) is 22.7 Å². The van der Waals surface area contributed by atoms with Crippen molar-refractivity contribution in [3.63, 3.8) is 0 Å². The van der Waals surface area contributed by atoms with Gasteiger partial charge in [-0.25, -0.2) is 12.4 Å². The SMILES string of the molecule is Cc1ccc(CNC(=O)c2cc(C=O)cn2S(=O)(=O)c2ccc(C)cc2)cc1. The Bertz CT molecular complexity index is 1110. The van der Waals surface area contributed by atoms with Crippen molar-refractivity contribution in [3.05, 3.63) is 88.7 Å². The molecule has 0 aliphatic carbocycles. The van der Waals surface area contributed by atoms with E-state index in [0.717, 1.165) is 26.9 Å². The molecule has 0 atom stereocenters. The van der Waals surface area contributed by atoms with Crippen molar-refractivity contribution in [1.29, 1.82) is 0 Å². The van der Waals surface area contributed by atoms with Gasteiger partial charge in [-0.15, -0.1) is 0 Å². The molecule has 7 heteroatoms. The molecule has 144 valence electrons. The van der Waals surface area contributed by atoms with Crippen LogP contribution in [0.1, 0.15) is 37.5 Å². The fourth-order valence-corrected chi connectivity index (χ4v) is 4.06. The van der Waals surface area contributed by atoms with E-state index in [1.165, 1.54) is 18.2 Å². The van der Waals surface area contributed by atoms with Crippen molar-refractivity contribution >= 4 is 22.2 Å². The van der Waals surface area contributed by atoms with Crippen LogP contribution >= 0.6 is 0 Å². The van der Waals surface area contributed by atoms with Gasteiger partial charge in [-0.2, -0.15) is 0 Å². The highest BCUT2D eigenvalue weighted by molar-refractivity contribution is 7.90. The monoisotopic (exact) mass is 396 g/mol. The van der Waals surface area contributed by atoms with Crippen LogP contribution in [0.15, 0.2) is 65.7 Å². The van der Waals surface area contributed by atoms with E-state index in [0.29, 0.717) is 6.29 Å². The highest BCUT2D eigenvalue weighted by Crippen LogP contribution is 2.19. The van der Waals surface area contributed by atoms with Gasteiger partial charge < -0.3 is 5.32 Å². The van der Waals surface area contributed by atoms with Gasteiger partial charge in [-0.05, 0) is 37.6 Å². The van der Waals surface area contributed by atoms with Crippen molar-refractivity contribution in [2.45, 2.75) is 25.3 Å². The number of carbonyl (C=O) groups excluding carboxylic acids is 2. The van der Waals surface area contributed by atoms with Crippen LogP contribution in [0.3, 0.4) is 0 Å².